The van der Waals surface area contributed by atoms with Gasteiger partial charge in [-0.15, -0.1) is 0 Å². The van der Waals surface area contributed by atoms with Crippen molar-refractivity contribution in [2.75, 3.05) is 7.11 Å². The highest BCUT2D eigenvalue weighted by Crippen LogP contribution is 2.25. The third-order valence-corrected chi connectivity index (χ3v) is 6.96. The van der Waals surface area contributed by atoms with E-state index in [0.717, 1.165) is 24.9 Å². The Labute approximate surface area is 96.6 Å². The Morgan fingerprint density at radius 1 is 0.933 bits per heavy atom. The first-order valence-electron chi connectivity index (χ1n) is 6.40. The highest BCUT2D eigenvalue weighted by molar-refractivity contribution is 6.67. The van der Waals surface area contributed by atoms with Crippen LogP contribution in [0, 0.1) is 0 Å². The summed E-state index contributed by atoms with van der Waals surface area (Å²) in [6.45, 7) is 8.82. The molecule has 0 aromatic heterocycles. The molecule has 0 aliphatic carbocycles. The Hall–Kier alpha value is 0.137. The molecule has 0 amide bonds. The molecule has 2 nitrogen and oxygen atoms in total. The van der Waals surface area contributed by atoms with Gasteiger partial charge in [-0.2, -0.15) is 0 Å². The smallest absolute Gasteiger partial charge is 0.338 e. The first-order chi connectivity index (χ1) is 7.17. The van der Waals surface area contributed by atoms with E-state index in [0.29, 0.717) is 6.10 Å². The summed E-state index contributed by atoms with van der Waals surface area (Å²) in [6, 6.07) is 2.27. The molecular formula is C12H28O2Si. The third kappa shape index (κ3) is 5.14. The summed E-state index contributed by atoms with van der Waals surface area (Å²) in [5.41, 5.74) is 0. The van der Waals surface area contributed by atoms with E-state index in [1.807, 2.05) is 7.11 Å². The van der Waals surface area contributed by atoms with Crippen LogP contribution in [0.25, 0.3) is 0 Å². The number of rotatable bonds is 9. The van der Waals surface area contributed by atoms with Crippen LogP contribution in [0.4, 0.5) is 0 Å². The molecule has 0 saturated carbocycles. The molecule has 0 rings (SSSR count). The summed E-state index contributed by atoms with van der Waals surface area (Å²) >= 11 is 0. The lowest BCUT2D eigenvalue weighted by Gasteiger charge is -2.32. The lowest BCUT2D eigenvalue weighted by Crippen LogP contribution is -2.43. The topological polar surface area (TPSA) is 18.5 Å². The van der Waals surface area contributed by atoms with Gasteiger partial charge in [0.1, 0.15) is 0 Å². The highest BCUT2D eigenvalue weighted by Gasteiger charge is 2.36. The quantitative estimate of drug-likeness (QED) is 0.557. The maximum atomic E-state index is 6.28. The summed E-state index contributed by atoms with van der Waals surface area (Å²) in [5, 5.41) is 0. The molecule has 0 aliphatic rings. The van der Waals surface area contributed by atoms with Gasteiger partial charge in [0, 0.05) is 13.2 Å². The summed E-state index contributed by atoms with van der Waals surface area (Å²) in [5.74, 6) is 0. The van der Waals surface area contributed by atoms with Crippen molar-refractivity contribution in [3.63, 3.8) is 0 Å². The Balaban J connectivity index is 4.43. The molecule has 0 atom stereocenters. The van der Waals surface area contributed by atoms with Crippen molar-refractivity contribution in [1.29, 1.82) is 0 Å². The molecule has 0 radical (unpaired) electrons. The standard InChI is InChI=1S/C12H28O2Si/c1-6-10-15(13-5,11-7-2)14-12(8-3)9-4/h12H,6-11H2,1-5H3. The second-order valence-corrected chi connectivity index (χ2v) is 7.64. The van der Waals surface area contributed by atoms with Crippen LogP contribution in [-0.2, 0) is 8.85 Å². The SMILES string of the molecule is CCC[Si](CCC)(OC)OC(CC)CC. The van der Waals surface area contributed by atoms with Crippen molar-refractivity contribution in [1.82, 2.24) is 0 Å². The van der Waals surface area contributed by atoms with Gasteiger partial charge in [0.25, 0.3) is 0 Å². The Morgan fingerprint density at radius 2 is 1.40 bits per heavy atom. The predicted molar refractivity (Wildman–Crippen MR) is 68.4 cm³/mol. The first kappa shape index (κ1) is 15.1. The fourth-order valence-corrected chi connectivity index (χ4v) is 5.47. The Bertz CT molecular complexity index is 141. The minimum Gasteiger partial charge on any atom is -0.398 e. The fourth-order valence-electron chi connectivity index (χ4n) is 2.02. The van der Waals surface area contributed by atoms with Gasteiger partial charge in [0.05, 0.1) is 0 Å². The maximum absolute atomic E-state index is 6.28. The molecule has 3 heteroatoms. The molecule has 0 N–H and O–H groups in total. The van der Waals surface area contributed by atoms with E-state index in [-0.39, 0.29) is 0 Å². The summed E-state index contributed by atoms with van der Waals surface area (Å²) < 4.78 is 12.1. The third-order valence-electron chi connectivity index (χ3n) is 2.93. The highest BCUT2D eigenvalue weighted by atomic mass is 28.4. The van der Waals surface area contributed by atoms with Crippen molar-refractivity contribution in [2.45, 2.75) is 71.6 Å². The van der Waals surface area contributed by atoms with Crippen molar-refractivity contribution in [3.05, 3.63) is 0 Å². The van der Waals surface area contributed by atoms with Gasteiger partial charge in [-0.3, -0.25) is 0 Å². The maximum Gasteiger partial charge on any atom is 0.338 e. The van der Waals surface area contributed by atoms with E-state index in [4.69, 9.17) is 8.85 Å². The molecule has 0 spiro atoms. The van der Waals surface area contributed by atoms with Crippen LogP contribution in [-0.4, -0.2) is 21.8 Å². The van der Waals surface area contributed by atoms with Gasteiger partial charge in [0.15, 0.2) is 0 Å². The second-order valence-electron chi connectivity index (χ2n) is 4.17. The zero-order chi connectivity index (χ0) is 11.7. The van der Waals surface area contributed by atoms with Crippen molar-refractivity contribution >= 4 is 8.56 Å². The van der Waals surface area contributed by atoms with Crippen LogP contribution in [0.3, 0.4) is 0 Å². The zero-order valence-electron chi connectivity index (χ0n) is 11.1. The van der Waals surface area contributed by atoms with Crippen LogP contribution in [0.5, 0.6) is 0 Å². The molecule has 0 aromatic rings. The van der Waals surface area contributed by atoms with E-state index in [2.05, 4.69) is 27.7 Å². The molecule has 92 valence electrons. The van der Waals surface area contributed by atoms with Gasteiger partial charge in [0.2, 0.25) is 0 Å². The van der Waals surface area contributed by atoms with E-state index in [1.54, 1.807) is 0 Å². The minimum atomic E-state index is -1.87. The van der Waals surface area contributed by atoms with Crippen LogP contribution < -0.4 is 0 Å². The average Bonchev–Trinajstić information content (AvgIpc) is 2.26. The predicted octanol–water partition coefficient (Wildman–Crippen LogP) is 4.10. The fraction of sp³-hybridized carbons (Fsp3) is 1.00. The first-order valence-corrected chi connectivity index (χ1v) is 8.63. The number of hydrogen-bond donors (Lipinski definition) is 0. The van der Waals surface area contributed by atoms with E-state index < -0.39 is 8.56 Å². The molecule has 0 aromatic carbocycles. The van der Waals surface area contributed by atoms with Crippen LogP contribution in [0.15, 0.2) is 0 Å². The van der Waals surface area contributed by atoms with Gasteiger partial charge < -0.3 is 8.85 Å². The minimum absolute atomic E-state index is 0.398. The van der Waals surface area contributed by atoms with Crippen LogP contribution in [0.1, 0.15) is 53.4 Å². The van der Waals surface area contributed by atoms with Gasteiger partial charge in [-0.25, -0.2) is 0 Å². The molecule has 0 heterocycles. The van der Waals surface area contributed by atoms with Crippen molar-refractivity contribution in [2.24, 2.45) is 0 Å². The van der Waals surface area contributed by atoms with E-state index in [1.165, 1.54) is 12.8 Å². The monoisotopic (exact) mass is 232 g/mol. The molecule has 0 saturated heterocycles. The van der Waals surface area contributed by atoms with Crippen molar-refractivity contribution in [3.8, 4) is 0 Å². The van der Waals surface area contributed by atoms with Gasteiger partial charge in [-0.1, -0.05) is 40.5 Å². The number of hydrogen-bond acceptors (Lipinski definition) is 2. The van der Waals surface area contributed by atoms with Gasteiger partial charge in [-0.05, 0) is 24.9 Å². The van der Waals surface area contributed by atoms with Crippen LogP contribution in [0.2, 0.25) is 12.1 Å². The second kappa shape index (κ2) is 8.31. The van der Waals surface area contributed by atoms with E-state index in [9.17, 15) is 0 Å². The average molecular weight is 232 g/mol. The van der Waals surface area contributed by atoms with Crippen LogP contribution >= 0.6 is 0 Å². The van der Waals surface area contributed by atoms with Gasteiger partial charge >= 0.3 is 8.56 Å². The molecule has 0 bridgehead atoms. The summed E-state index contributed by atoms with van der Waals surface area (Å²) in [7, 11) is -0.0413. The molecule has 15 heavy (non-hydrogen) atoms. The lowest BCUT2D eigenvalue weighted by atomic mass is 10.2. The molecular weight excluding hydrogens is 204 g/mol. The molecule has 0 aliphatic heterocycles. The summed E-state index contributed by atoms with van der Waals surface area (Å²) in [6.07, 6.45) is 4.93. The van der Waals surface area contributed by atoms with Crippen molar-refractivity contribution < 1.29 is 8.85 Å². The largest absolute Gasteiger partial charge is 0.398 e. The molecule has 0 fully saturated rings. The molecule has 0 unspecified atom stereocenters. The van der Waals surface area contributed by atoms with E-state index >= 15 is 0 Å². The normalized spacial score (nSPS) is 12.4. The Kier molecular flexibility index (Phi) is 8.38. The summed E-state index contributed by atoms with van der Waals surface area (Å²) in [4.78, 5) is 0. The lowest BCUT2D eigenvalue weighted by molar-refractivity contribution is 0.121. The zero-order valence-corrected chi connectivity index (χ0v) is 12.1. The Morgan fingerprint density at radius 3 is 1.67 bits per heavy atom.